The van der Waals surface area contributed by atoms with Gasteiger partial charge in [0.05, 0.1) is 12.0 Å². The molecule has 2 aliphatic heterocycles. The lowest BCUT2D eigenvalue weighted by Crippen LogP contribution is -2.60. The second-order valence-corrected chi connectivity index (χ2v) is 7.84. The molecule has 0 saturated carbocycles. The Kier molecular flexibility index (Phi) is 5.82. The van der Waals surface area contributed by atoms with Gasteiger partial charge in [-0.05, 0) is 0 Å². The number of rotatable bonds is 6. The Labute approximate surface area is 161 Å². The van der Waals surface area contributed by atoms with Gasteiger partial charge in [0.15, 0.2) is 16.9 Å². The molecule has 13 heteroatoms. The number of carbonyl (C=O) groups is 3. The number of carbonyl (C=O) groups excluding carboxylic acids is 2. The molecule has 2 saturated heterocycles. The molecule has 0 spiro atoms. The number of aromatic nitrogens is 1. The van der Waals surface area contributed by atoms with Crippen LogP contribution in [-0.4, -0.2) is 70.6 Å². The zero-order valence-corrected chi connectivity index (χ0v) is 15.7. The van der Waals surface area contributed by atoms with E-state index in [-0.39, 0.29) is 22.5 Å². The Balaban J connectivity index is 1.75. The fourth-order valence-electron chi connectivity index (χ4n) is 2.73. The second kappa shape index (κ2) is 8.10. The molecule has 3 rings (SSSR count). The number of ether oxygens (including phenoxy) is 1. The number of thiazole rings is 1. The molecule has 0 radical (unpaired) electrons. The number of hydrogen-bond acceptors (Lipinski definition) is 11. The molecule has 1 aromatic heterocycles. The van der Waals surface area contributed by atoms with Crippen LogP contribution in [0.2, 0.25) is 0 Å². The standard InChI is InChI=1S/C14H17N5O6S2/c1-24-19-8(6-4-27-14(15)16-6)10(20)17-9(12(21)22)11-18-7-5(3-26-11)2-25-13(7)23/h4-5,7,9,11,18H,2-3H2,1H3,(H2,15,16)(H,17,20)(H,21,22)/b19-8-/t5?,7?,9-,11?/m1/s1. The van der Waals surface area contributed by atoms with Crippen molar-refractivity contribution < 1.29 is 29.1 Å². The molecule has 3 unspecified atom stereocenters. The summed E-state index contributed by atoms with van der Waals surface area (Å²) in [5.74, 6) is -1.94. The third kappa shape index (κ3) is 4.14. The van der Waals surface area contributed by atoms with Crippen molar-refractivity contribution in [2.45, 2.75) is 17.5 Å². The van der Waals surface area contributed by atoms with Gasteiger partial charge in [0.2, 0.25) is 0 Å². The number of aliphatic carboxylic acids is 1. The Morgan fingerprint density at radius 2 is 2.37 bits per heavy atom. The number of cyclic esters (lactones) is 1. The van der Waals surface area contributed by atoms with E-state index >= 15 is 0 Å². The Morgan fingerprint density at radius 1 is 1.59 bits per heavy atom. The lowest BCUT2D eigenvalue weighted by atomic mass is 10.0. The number of carboxylic acids is 1. The van der Waals surface area contributed by atoms with Gasteiger partial charge in [-0.25, -0.2) is 9.78 Å². The monoisotopic (exact) mass is 415 g/mol. The smallest absolute Gasteiger partial charge is 0.328 e. The van der Waals surface area contributed by atoms with Gasteiger partial charge < -0.3 is 25.7 Å². The first-order valence-electron chi connectivity index (χ1n) is 7.81. The summed E-state index contributed by atoms with van der Waals surface area (Å²) in [5.41, 5.74) is 5.54. The number of hydrogen-bond donors (Lipinski definition) is 4. The molecular formula is C14H17N5O6S2. The highest BCUT2D eigenvalue weighted by Crippen LogP contribution is 2.30. The summed E-state index contributed by atoms with van der Waals surface area (Å²) in [6, 6.07) is -1.89. The van der Waals surface area contributed by atoms with Crippen molar-refractivity contribution in [1.29, 1.82) is 0 Å². The Hall–Kier alpha value is -2.38. The number of nitrogen functional groups attached to an aromatic ring is 1. The average Bonchev–Trinajstić information content (AvgIpc) is 3.23. The zero-order valence-electron chi connectivity index (χ0n) is 14.1. The van der Waals surface area contributed by atoms with E-state index in [4.69, 9.17) is 10.5 Å². The van der Waals surface area contributed by atoms with Gasteiger partial charge in [0, 0.05) is 17.1 Å². The minimum atomic E-state index is -1.31. The third-order valence-corrected chi connectivity index (χ3v) is 6.08. The highest BCUT2D eigenvalue weighted by Gasteiger charge is 2.45. The summed E-state index contributed by atoms with van der Waals surface area (Å²) in [6.07, 6.45) is 0. The number of nitrogens with two attached hydrogens (primary N) is 1. The highest BCUT2D eigenvalue weighted by molar-refractivity contribution is 8.00. The van der Waals surface area contributed by atoms with Gasteiger partial charge in [-0.1, -0.05) is 5.16 Å². The number of fused-ring (bicyclic) bond motifs is 1. The number of anilines is 1. The van der Waals surface area contributed by atoms with E-state index in [1.807, 2.05) is 0 Å². The molecule has 1 amide bonds. The van der Waals surface area contributed by atoms with Crippen LogP contribution in [0.4, 0.5) is 5.13 Å². The van der Waals surface area contributed by atoms with Crippen molar-refractivity contribution in [3.63, 3.8) is 0 Å². The number of carboxylic acid groups (broad SMARTS) is 1. The lowest BCUT2D eigenvalue weighted by Gasteiger charge is -2.33. The molecule has 5 N–H and O–H groups in total. The summed E-state index contributed by atoms with van der Waals surface area (Å²) in [4.78, 5) is 44.7. The van der Waals surface area contributed by atoms with Gasteiger partial charge in [-0.15, -0.1) is 23.1 Å². The van der Waals surface area contributed by atoms with E-state index in [9.17, 15) is 19.5 Å². The first-order valence-corrected chi connectivity index (χ1v) is 9.74. The maximum absolute atomic E-state index is 12.6. The zero-order chi connectivity index (χ0) is 19.6. The third-order valence-electron chi connectivity index (χ3n) is 4.02. The number of thioether (sulfide) groups is 1. The summed E-state index contributed by atoms with van der Waals surface area (Å²) >= 11 is 2.41. The van der Waals surface area contributed by atoms with Crippen LogP contribution in [0.3, 0.4) is 0 Å². The van der Waals surface area contributed by atoms with Crippen LogP contribution in [0, 0.1) is 5.92 Å². The maximum Gasteiger partial charge on any atom is 0.328 e. The van der Waals surface area contributed by atoms with Crippen molar-refractivity contribution in [3.8, 4) is 0 Å². The highest BCUT2D eigenvalue weighted by atomic mass is 32.2. The summed E-state index contributed by atoms with van der Waals surface area (Å²) < 4.78 is 5.00. The van der Waals surface area contributed by atoms with Gasteiger partial charge in [-0.2, -0.15) is 0 Å². The first kappa shape index (κ1) is 19.4. The molecule has 0 aliphatic carbocycles. The van der Waals surface area contributed by atoms with E-state index in [1.54, 1.807) is 0 Å². The lowest BCUT2D eigenvalue weighted by molar-refractivity contribution is -0.142. The van der Waals surface area contributed by atoms with Crippen molar-refractivity contribution in [2.24, 2.45) is 11.1 Å². The molecule has 2 fully saturated rings. The number of oxime groups is 1. The van der Waals surface area contributed by atoms with Crippen LogP contribution in [0.15, 0.2) is 10.5 Å². The van der Waals surface area contributed by atoms with Crippen LogP contribution in [0.5, 0.6) is 0 Å². The molecule has 0 aromatic carbocycles. The van der Waals surface area contributed by atoms with E-state index in [0.29, 0.717) is 12.4 Å². The number of amides is 1. The number of nitrogens with one attached hydrogen (secondary N) is 2. The Morgan fingerprint density at radius 3 is 3.00 bits per heavy atom. The summed E-state index contributed by atoms with van der Waals surface area (Å²) in [7, 11) is 1.25. The molecule has 3 heterocycles. The quantitative estimate of drug-likeness (QED) is 0.253. The second-order valence-electron chi connectivity index (χ2n) is 5.77. The molecule has 1 aromatic rings. The average molecular weight is 415 g/mol. The molecule has 146 valence electrons. The normalized spacial score (nSPS) is 26.0. The van der Waals surface area contributed by atoms with Gasteiger partial charge in [-0.3, -0.25) is 14.9 Å². The number of esters is 1. The molecular weight excluding hydrogens is 398 g/mol. The fraction of sp³-hybridized carbons (Fsp3) is 0.500. The predicted molar refractivity (Wildman–Crippen MR) is 97.3 cm³/mol. The van der Waals surface area contributed by atoms with Crippen molar-refractivity contribution >= 4 is 51.8 Å². The van der Waals surface area contributed by atoms with E-state index in [2.05, 4.69) is 25.6 Å². The molecule has 0 bridgehead atoms. The van der Waals surface area contributed by atoms with Crippen LogP contribution < -0.4 is 16.4 Å². The molecule has 2 aliphatic rings. The maximum atomic E-state index is 12.6. The Bertz CT molecular complexity index is 784. The minimum absolute atomic E-state index is 0.0208. The van der Waals surface area contributed by atoms with Crippen LogP contribution in [0.1, 0.15) is 5.69 Å². The van der Waals surface area contributed by atoms with E-state index in [1.165, 1.54) is 24.3 Å². The SMILES string of the molecule is CO/N=C(\C(=O)N[C@@H](C(=O)O)C1NC2C(=O)OCC2CS1)c1csc(N)n1. The van der Waals surface area contributed by atoms with Gasteiger partial charge >= 0.3 is 11.9 Å². The topological polar surface area (TPSA) is 165 Å². The fourth-order valence-corrected chi connectivity index (χ4v) is 4.64. The summed E-state index contributed by atoms with van der Waals surface area (Å²) in [5, 5.41) is 19.6. The minimum Gasteiger partial charge on any atom is -0.480 e. The van der Waals surface area contributed by atoms with Crippen molar-refractivity contribution in [3.05, 3.63) is 11.1 Å². The molecule has 11 nitrogen and oxygen atoms in total. The molecule has 4 atom stereocenters. The predicted octanol–water partition coefficient (Wildman–Crippen LogP) is -1.15. The number of nitrogens with zero attached hydrogens (tertiary/aromatic N) is 2. The van der Waals surface area contributed by atoms with Crippen molar-refractivity contribution in [1.82, 2.24) is 15.6 Å². The van der Waals surface area contributed by atoms with Crippen molar-refractivity contribution in [2.75, 3.05) is 25.2 Å². The van der Waals surface area contributed by atoms with E-state index in [0.717, 1.165) is 11.3 Å². The van der Waals surface area contributed by atoms with Gasteiger partial charge in [0.25, 0.3) is 5.91 Å². The van der Waals surface area contributed by atoms with Crippen LogP contribution in [-0.2, 0) is 24.0 Å². The van der Waals surface area contributed by atoms with Gasteiger partial charge in [0.1, 0.15) is 18.8 Å². The van der Waals surface area contributed by atoms with E-state index < -0.39 is 35.3 Å². The van der Waals surface area contributed by atoms with Crippen LogP contribution >= 0.6 is 23.1 Å². The molecule has 27 heavy (non-hydrogen) atoms. The summed E-state index contributed by atoms with van der Waals surface area (Å²) in [6.45, 7) is 0.302. The largest absolute Gasteiger partial charge is 0.480 e. The van der Waals surface area contributed by atoms with Crippen LogP contribution in [0.25, 0.3) is 0 Å². The first-order chi connectivity index (χ1) is 12.9.